The van der Waals surface area contributed by atoms with E-state index in [1.807, 2.05) is 32.0 Å². The normalized spacial score (nSPS) is 20.4. The molecular formula is C28H30N4O4S2. The average molecular weight is 551 g/mol. The minimum Gasteiger partial charge on any atom is -0.373 e. The molecule has 0 aliphatic carbocycles. The predicted molar refractivity (Wildman–Crippen MR) is 146 cm³/mol. The highest BCUT2D eigenvalue weighted by Gasteiger charge is 2.32. The number of nitrogens with one attached hydrogen (secondary N) is 1. The molecule has 1 N–H and O–H groups in total. The minimum atomic E-state index is -3.69. The van der Waals surface area contributed by atoms with E-state index in [-0.39, 0.29) is 36.1 Å². The van der Waals surface area contributed by atoms with Crippen LogP contribution in [0.15, 0.2) is 59.5 Å². The van der Waals surface area contributed by atoms with E-state index in [0.29, 0.717) is 16.1 Å². The third-order valence-electron chi connectivity index (χ3n) is 6.86. The molecule has 2 aliphatic rings. The van der Waals surface area contributed by atoms with Gasteiger partial charge in [-0.15, -0.1) is 11.3 Å². The molecule has 0 saturated carbocycles. The summed E-state index contributed by atoms with van der Waals surface area (Å²) in [5.41, 5.74) is 3.10. The largest absolute Gasteiger partial charge is 0.373 e. The fraction of sp³-hybridized carbons (Fsp3) is 0.357. The summed E-state index contributed by atoms with van der Waals surface area (Å²) in [6.45, 7) is 6.69. The van der Waals surface area contributed by atoms with Crippen LogP contribution in [-0.4, -0.2) is 55.4 Å². The number of benzene rings is 2. The van der Waals surface area contributed by atoms with Crippen molar-refractivity contribution in [3.63, 3.8) is 0 Å². The van der Waals surface area contributed by atoms with Crippen LogP contribution in [0.25, 0.3) is 0 Å². The maximum absolute atomic E-state index is 13.1. The summed E-state index contributed by atoms with van der Waals surface area (Å²) in [6.07, 6.45) is 0.382. The van der Waals surface area contributed by atoms with Crippen molar-refractivity contribution in [2.24, 2.45) is 0 Å². The first-order valence-electron chi connectivity index (χ1n) is 12.6. The molecule has 2 unspecified atom stereocenters. The van der Waals surface area contributed by atoms with Gasteiger partial charge in [0.25, 0.3) is 5.91 Å². The number of rotatable bonds is 6. The first-order chi connectivity index (χ1) is 18.2. The van der Waals surface area contributed by atoms with E-state index in [9.17, 15) is 18.5 Å². The van der Waals surface area contributed by atoms with Crippen LogP contribution in [-0.2, 0) is 34.3 Å². The smallest absolute Gasteiger partial charge is 0.256 e. The fourth-order valence-corrected chi connectivity index (χ4v) is 7.89. The van der Waals surface area contributed by atoms with Gasteiger partial charge in [0.15, 0.2) is 0 Å². The average Bonchev–Trinajstić information content (AvgIpc) is 3.24. The Morgan fingerprint density at radius 1 is 1.11 bits per heavy atom. The molecule has 3 heterocycles. The monoisotopic (exact) mass is 550 g/mol. The minimum absolute atomic E-state index is 0.137. The zero-order chi connectivity index (χ0) is 26.9. The van der Waals surface area contributed by atoms with Gasteiger partial charge in [0.2, 0.25) is 10.0 Å². The molecule has 198 valence electrons. The summed E-state index contributed by atoms with van der Waals surface area (Å²) in [7, 11) is -3.69. The van der Waals surface area contributed by atoms with Crippen molar-refractivity contribution >= 4 is 32.3 Å². The summed E-state index contributed by atoms with van der Waals surface area (Å²) in [6, 6.07) is 18.5. The molecular weight excluding hydrogens is 520 g/mol. The molecule has 10 heteroatoms. The van der Waals surface area contributed by atoms with Gasteiger partial charge in [-0.25, -0.2) is 8.42 Å². The lowest BCUT2D eigenvalue weighted by Crippen LogP contribution is -2.48. The fourth-order valence-electron chi connectivity index (χ4n) is 5.07. The Kier molecular flexibility index (Phi) is 7.66. The van der Waals surface area contributed by atoms with Crippen LogP contribution >= 0.6 is 11.3 Å². The molecule has 2 atom stereocenters. The second-order valence-corrected chi connectivity index (χ2v) is 12.9. The van der Waals surface area contributed by atoms with E-state index < -0.39 is 10.0 Å². The standard InChI is InChI=1S/C28H30N4O4S2/c1-19-15-32(16-20(2)36-19)38(34,35)23-10-8-22(9-11-23)27(33)30-28-25(14-29)24-12-13-31(18-26(24)37-28)17-21-6-4-3-5-7-21/h3-11,19-20H,12-13,15-18H2,1-2H3,(H,30,33). The van der Waals surface area contributed by atoms with Gasteiger partial charge in [-0.1, -0.05) is 30.3 Å². The zero-order valence-electron chi connectivity index (χ0n) is 21.4. The van der Waals surface area contributed by atoms with E-state index in [0.717, 1.165) is 36.5 Å². The summed E-state index contributed by atoms with van der Waals surface area (Å²) in [5.74, 6) is -0.376. The Bertz CT molecular complexity index is 1450. The second kappa shape index (κ2) is 11.0. The van der Waals surface area contributed by atoms with Gasteiger partial charge in [0.05, 0.1) is 22.7 Å². The molecule has 3 aromatic rings. The number of fused-ring (bicyclic) bond motifs is 1. The molecule has 0 bridgehead atoms. The summed E-state index contributed by atoms with van der Waals surface area (Å²) < 4.78 is 33.3. The van der Waals surface area contributed by atoms with Gasteiger partial charge in [0.1, 0.15) is 11.1 Å². The van der Waals surface area contributed by atoms with Gasteiger partial charge < -0.3 is 10.1 Å². The van der Waals surface area contributed by atoms with Crippen molar-refractivity contribution in [1.29, 1.82) is 5.26 Å². The lowest BCUT2D eigenvalue weighted by molar-refractivity contribution is -0.0440. The predicted octanol–water partition coefficient (Wildman–Crippen LogP) is 4.23. The number of thiophene rings is 1. The van der Waals surface area contributed by atoms with E-state index in [2.05, 4.69) is 28.4 Å². The third-order valence-corrected chi connectivity index (χ3v) is 9.84. The van der Waals surface area contributed by atoms with Gasteiger partial charge in [-0.2, -0.15) is 9.57 Å². The van der Waals surface area contributed by atoms with E-state index in [1.165, 1.54) is 45.5 Å². The molecule has 1 amide bonds. The number of morpholine rings is 1. The number of anilines is 1. The number of carbonyl (C=O) groups is 1. The molecule has 38 heavy (non-hydrogen) atoms. The number of nitrogens with zero attached hydrogens (tertiary/aromatic N) is 3. The van der Waals surface area contributed by atoms with Crippen molar-refractivity contribution in [3.05, 3.63) is 81.7 Å². The molecule has 0 radical (unpaired) electrons. The lowest BCUT2D eigenvalue weighted by Gasteiger charge is -2.34. The van der Waals surface area contributed by atoms with Crippen LogP contribution in [0.1, 0.15) is 45.8 Å². The molecule has 1 aromatic heterocycles. The number of hydrogen-bond donors (Lipinski definition) is 1. The molecule has 0 spiro atoms. The van der Waals surface area contributed by atoms with Gasteiger partial charge in [-0.3, -0.25) is 9.69 Å². The third kappa shape index (κ3) is 5.53. The Hall–Kier alpha value is -3.07. The molecule has 8 nitrogen and oxygen atoms in total. The number of carbonyl (C=O) groups excluding carboxylic acids is 1. The number of hydrogen-bond acceptors (Lipinski definition) is 7. The highest BCUT2D eigenvalue weighted by molar-refractivity contribution is 7.89. The molecule has 1 fully saturated rings. The van der Waals surface area contributed by atoms with E-state index in [1.54, 1.807) is 0 Å². The van der Waals surface area contributed by atoms with Crippen molar-refractivity contribution in [1.82, 2.24) is 9.21 Å². The van der Waals surface area contributed by atoms with Crippen molar-refractivity contribution in [2.45, 2.75) is 50.5 Å². The zero-order valence-corrected chi connectivity index (χ0v) is 23.0. The van der Waals surface area contributed by atoms with Crippen molar-refractivity contribution < 1.29 is 17.9 Å². The lowest BCUT2D eigenvalue weighted by atomic mass is 10.0. The van der Waals surface area contributed by atoms with E-state index >= 15 is 0 Å². The van der Waals surface area contributed by atoms with Gasteiger partial charge in [-0.05, 0) is 55.7 Å². The topological polar surface area (TPSA) is 103 Å². The number of nitriles is 1. The Labute approximate surface area is 227 Å². The van der Waals surface area contributed by atoms with Crippen LogP contribution in [0, 0.1) is 11.3 Å². The first-order valence-corrected chi connectivity index (χ1v) is 14.9. The van der Waals surface area contributed by atoms with Crippen molar-refractivity contribution in [3.8, 4) is 6.07 Å². The van der Waals surface area contributed by atoms with Gasteiger partial charge in [0, 0.05) is 43.2 Å². The second-order valence-electron chi connectivity index (χ2n) is 9.82. The summed E-state index contributed by atoms with van der Waals surface area (Å²) in [4.78, 5) is 16.6. The van der Waals surface area contributed by atoms with Crippen molar-refractivity contribution in [2.75, 3.05) is 25.0 Å². The maximum atomic E-state index is 13.1. The van der Waals surface area contributed by atoms with Crippen LogP contribution in [0.4, 0.5) is 5.00 Å². The molecule has 2 aromatic carbocycles. The Balaban J connectivity index is 1.29. The molecule has 2 aliphatic heterocycles. The van der Waals surface area contributed by atoms with Crippen LogP contribution < -0.4 is 5.32 Å². The number of amides is 1. The van der Waals surface area contributed by atoms with Crippen LogP contribution in [0.3, 0.4) is 0 Å². The number of sulfonamides is 1. The molecule has 5 rings (SSSR count). The Morgan fingerprint density at radius 3 is 2.45 bits per heavy atom. The maximum Gasteiger partial charge on any atom is 0.256 e. The quantitative estimate of drug-likeness (QED) is 0.493. The first kappa shape index (κ1) is 26.5. The number of ether oxygens (including phenoxy) is 1. The van der Waals surface area contributed by atoms with Gasteiger partial charge >= 0.3 is 0 Å². The van der Waals surface area contributed by atoms with Crippen LogP contribution in [0.2, 0.25) is 0 Å². The summed E-state index contributed by atoms with van der Waals surface area (Å²) >= 11 is 1.44. The van der Waals surface area contributed by atoms with Crippen LogP contribution in [0.5, 0.6) is 0 Å². The van der Waals surface area contributed by atoms with E-state index in [4.69, 9.17) is 4.74 Å². The molecule has 1 saturated heterocycles. The highest BCUT2D eigenvalue weighted by Crippen LogP contribution is 2.37. The SMILES string of the molecule is CC1CN(S(=O)(=O)c2ccc(C(=O)Nc3sc4c(c3C#N)CCN(Cc3ccccc3)C4)cc2)CC(C)O1. The highest BCUT2D eigenvalue weighted by atomic mass is 32.2. The Morgan fingerprint density at radius 2 is 1.79 bits per heavy atom. The summed E-state index contributed by atoms with van der Waals surface area (Å²) in [5, 5.41) is 13.3.